The maximum atomic E-state index is 12.8. The number of nitrogens with one attached hydrogen (secondary N) is 3. The Labute approximate surface area is 216 Å². The molecule has 0 saturated carbocycles. The van der Waals surface area contributed by atoms with Gasteiger partial charge in [-0.25, -0.2) is 9.97 Å². The number of hydrogen-bond donors (Lipinski definition) is 3. The molecule has 1 aliphatic rings. The highest BCUT2D eigenvalue weighted by Gasteiger charge is 2.24. The van der Waals surface area contributed by atoms with Crippen LogP contribution in [0.1, 0.15) is 32.7 Å². The fourth-order valence-electron chi connectivity index (χ4n) is 3.93. The number of fused-ring (bicyclic) bond motifs is 1. The van der Waals surface area contributed by atoms with Crippen molar-refractivity contribution >= 4 is 46.8 Å². The van der Waals surface area contributed by atoms with Crippen LogP contribution < -0.4 is 16.2 Å². The summed E-state index contributed by atoms with van der Waals surface area (Å²) in [5, 5.41) is 5.98. The van der Waals surface area contributed by atoms with Crippen molar-refractivity contribution in [3.63, 3.8) is 0 Å². The van der Waals surface area contributed by atoms with E-state index >= 15 is 0 Å². The molecule has 0 bridgehead atoms. The average molecular weight is 513 g/mol. The zero-order valence-electron chi connectivity index (χ0n) is 19.4. The van der Waals surface area contributed by atoms with Gasteiger partial charge in [0.1, 0.15) is 10.7 Å². The molecule has 4 aromatic rings. The number of pyridine rings is 2. The van der Waals surface area contributed by atoms with E-state index in [0.29, 0.717) is 16.4 Å². The number of hydrogen-bond acceptors (Lipinski definition) is 5. The lowest BCUT2D eigenvalue weighted by Gasteiger charge is -2.08. The van der Waals surface area contributed by atoms with Gasteiger partial charge in [0.05, 0.1) is 30.3 Å². The van der Waals surface area contributed by atoms with Gasteiger partial charge in [0, 0.05) is 30.2 Å². The first-order chi connectivity index (χ1) is 18.0. The van der Waals surface area contributed by atoms with Gasteiger partial charge in [-0.2, -0.15) is 0 Å². The Balaban J connectivity index is 1.22. The molecule has 0 spiro atoms. The predicted molar refractivity (Wildman–Crippen MR) is 142 cm³/mol. The summed E-state index contributed by atoms with van der Waals surface area (Å²) in [6.45, 7) is 0.500. The molecule has 0 fully saturated rings. The number of carbonyl (C=O) groups is 2. The molecule has 0 aliphatic carbocycles. The molecule has 5 rings (SSSR count). The topological polar surface area (TPSA) is 122 Å². The Kier molecular flexibility index (Phi) is 6.78. The Morgan fingerprint density at radius 3 is 2.81 bits per heavy atom. The largest absolute Gasteiger partial charge is 0.348 e. The minimum atomic E-state index is -0.465. The summed E-state index contributed by atoms with van der Waals surface area (Å²) in [5.41, 5.74) is 4.12. The Bertz CT molecular complexity index is 1590. The molecule has 3 aromatic heterocycles. The summed E-state index contributed by atoms with van der Waals surface area (Å²) < 4.78 is 1.45. The quantitative estimate of drug-likeness (QED) is 0.258. The first-order valence-electron chi connectivity index (χ1n) is 11.4. The van der Waals surface area contributed by atoms with Crippen LogP contribution in [0.2, 0.25) is 5.15 Å². The molecule has 9 nitrogen and oxygen atoms in total. The lowest BCUT2D eigenvalue weighted by atomic mass is 10.0. The van der Waals surface area contributed by atoms with Gasteiger partial charge in [-0.3, -0.25) is 14.4 Å². The predicted octanol–water partition coefficient (Wildman–Crippen LogP) is 3.60. The van der Waals surface area contributed by atoms with Crippen LogP contribution in [0.15, 0.2) is 78.3 Å². The summed E-state index contributed by atoms with van der Waals surface area (Å²) in [7, 11) is 0. The summed E-state index contributed by atoms with van der Waals surface area (Å²) in [6.07, 6.45) is 11.8. The van der Waals surface area contributed by atoms with Crippen molar-refractivity contribution in [1.29, 1.82) is 0 Å². The molecule has 1 aromatic carbocycles. The van der Waals surface area contributed by atoms with Crippen LogP contribution in [0, 0.1) is 0 Å². The molecule has 1 aliphatic heterocycles. The van der Waals surface area contributed by atoms with Gasteiger partial charge < -0.3 is 20.2 Å². The maximum absolute atomic E-state index is 12.8. The highest BCUT2D eigenvalue weighted by Crippen LogP contribution is 2.33. The maximum Gasteiger partial charge on any atom is 0.263 e. The van der Waals surface area contributed by atoms with Gasteiger partial charge in [-0.1, -0.05) is 42.0 Å². The molecular weight excluding hydrogens is 492 g/mol. The summed E-state index contributed by atoms with van der Waals surface area (Å²) in [6, 6.07) is 12.2. The van der Waals surface area contributed by atoms with Crippen LogP contribution in [0.3, 0.4) is 0 Å². The molecule has 0 unspecified atom stereocenters. The Morgan fingerprint density at radius 2 is 2.03 bits per heavy atom. The zero-order valence-corrected chi connectivity index (χ0v) is 20.2. The molecule has 0 radical (unpaired) electrons. The van der Waals surface area contributed by atoms with Gasteiger partial charge >= 0.3 is 0 Å². The van der Waals surface area contributed by atoms with E-state index in [-0.39, 0.29) is 24.6 Å². The van der Waals surface area contributed by atoms with Crippen LogP contribution in [-0.2, 0) is 11.3 Å². The van der Waals surface area contributed by atoms with E-state index in [1.165, 1.54) is 10.6 Å². The van der Waals surface area contributed by atoms with Crippen LogP contribution in [0.5, 0.6) is 0 Å². The number of halogens is 1. The minimum Gasteiger partial charge on any atom is -0.348 e. The summed E-state index contributed by atoms with van der Waals surface area (Å²) >= 11 is 5.81. The Hall–Kier alpha value is -4.76. The number of nitrogens with zero attached hydrogens (tertiary/aromatic N) is 3. The third kappa shape index (κ3) is 5.41. The minimum absolute atomic E-state index is 0.0506. The number of carbonyl (C=O) groups excluding carboxylic acids is 2. The number of aromatic nitrogens is 4. The first kappa shape index (κ1) is 24.0. The number of rotatable bonds is 7. The van der Waals surface area contributed by atoms with Gasteiger partial charge in [0.15, 0.2) is 0 Å². The summed E-state index contributed by atoms with van der Waals surface area (Å²) in [5.74, 6) is -0.646. The number of H-pyrrole nitrogens is 1. The Morgan fingerprint density at radius 1 is 1.14 bits per heavy atom. The normalized spacial score (nSPS) is 13.6. The molecule has 37 heavy (non-hydrogen) atoms. The van der Waals surface area contributed by atoms with Gasteiger partial charge in [0.2, 0.25) is 0 Å². The highest BCUT2D eigenvalue weighted by molar-refractivity contribution is 6.34. The molecule has 10 heteroatoms. The van der Waals surface area contributed by atoms with Crippen LogP contribution in [0.4, 0.5) is 5.69 Å². The SMILES string of the molecule is O=C1Nc2cc(/C=C/CNC(=O)c3cccn(Cc4ccc(Cl)nc4)c3=O)ccc2/C1=C/c1cnc[nH]1. The number of benzene rings is 1. The van der Waals surface area contributed by atoms with Crippen molar-refractivity contribution in [1.82, 2.24) is 24.8 Å². The second-order valence-corrected chi connectivity index (χ2v) is 8.67. The van der Waals surface area contributed by atoms with Crippen molar-refractivity contribution < 1.29 is 9.59 Å². The molecule has 184 valence electrons. The third-order valence-corrected chi connectivity index (χ3v) is 5.97. The van der Waals surface area contributed by atoms with E-state index < -0.39 is 11.5 Å². The smallest absolute Gasteiger partial charge is 0.263 e. The monoisotopic (exact) mass is 512 g/mol. The number of anilines is 1. The second-order valence-electron chi connectivity index (χ2n) is 8.28. The average Bonchev–Trinajstić information content (AvgIpc) is 3.52. The van der Waals surface area contributed by atoms with Gasteiger partial charge in [0.25, 0.3) is 17.4 Å². The lowest BCUT2D eigenvalue weighted by molar-refractivity contribution is -0.110. The number of aromatic amines is 1. The van der Waals surface area contributed by atoms with E-state index in [1.807, 2.05) is 24.3 Å². The molecule has 0 atom stereocenters. The van der Waals surface area contributed by atoms with Crippen LogP contribution >= 0.6 is 11.6 Å². The summed E-state index contributed by atoms with van der Waals surface area (Å²) in [4.78, 5) is 48.8. The van der Waals surface area contributed by atoms with E-state index in [0.717, 1.165) is 22.4 Å². The van der Waals surface area contributed by atoms with E-state index in [1.54, 1.807) is 55.3 Å². The van der Waals surface area contributed by atoms with Gasteiger partial charge in [-0.15, -0.1) is 0 Å². The highest BCUT2D eigenvalue weighted by atomic mass is 35.5. The molecule has 3 N–H and O–H groups in total. The van der Waals surface area contributed by atoms with Crippen LogP contribution in [-0.4, -0.2) is 37.9 Å². The second kappa shape index (κ2) is 10.5. The van der Waals surface area contributed by atoms with E-state index in [4.69, 9.17) is 11.6 Å². The lowest BCUT2D eigenvalue weighted by Crippen LogP contribution is -2.33. The zero-order chi connectivity index (χ0) is 25.8. The van der Waals surface area contributed by atoms with Crippen molar-refractivity contribution in [2.24, 2.45) is 0 Å². The van der Waals surface area contributed by atoms with Crippen molar-refractivity contribution in [3.05, 3.63) is 117 Å². The number of amides is 2. The first-order valence-corrected chi connectivity index (χ1v) is 11.8. The van der Waals surface area contributed by atoms with Crippen LogP contribution in [0.25, 0.3) is 17.7 Å². The van der Waals surface area contributed by atoms with Crippen molar-refractivity contribution in [2.75, 3.05) is 11.9 Å². The number of imidazole rings is 1. The molecule has 0 saturated heterocycles. The van der Waals surface area contributed by atoms with E-state index in [9.17, 15) is 14.4 Å². The molecular formula is C27H21ClN6O3. The standard InChI is InChI=1S/C27H21ClN6O3/c28-24-8-6-18(13-31-24)15-34-10-2-4-21(27(34)37)25(35)30-9-1-3-17-5-7-20-22(12-19-14-29-16-32-19)26(36)33-23(20)11-17/h1-8,10-14,16H,9,15H2,(H,29,32)(H,30,35)(H,33,36)/b3-1+,22-12-. The molecule has 4 heterocycles. The van der Waals surface area contributed by atoms with Crippen molar-refractivity contribution in [3.8, 4) is 0 Å². The van der Waals surface area contributed by atoms with Crippen molar-refractivity contribution in [2.45, 2.75) is 6.54 Å². The van der Waals surface area contributed by atoms with Gasteiger partial charge in [-0.05, 0) is 41.5 Å². The fraction of sp³-hybridized carbons (Fsp3) is 0.0741. The van der Waals surface area contributed by atoms with E-state index in [2.05, 4.69) is 25.6 Å². The fourth-order valence-corrected chi connectivity index (χ4v) is 4.04. The third-order valence-electron chi connectivity index (χ3n) is 5.74. The molecule has 2 amide bonds.